The zero-order valence-electron chi connectivity index (χ0n) is 6.69. The minimum Gasteiger partial charge on any atom is -0.312 e. The van der Waals surface area contributed by atoms with Gasteiger partial charge in [-0.3, -0.25) is 0 Å². The van der Waals surface area contributed by atoms with Gasteiger partial charge in [-0.1, -0.05) is 40.8 Å². The van der Waals surface area contributed by atoms with Crippen LogP contribution >= 0.6 is 22.6 Å². The van der Waals surface area contributed by atoms with Crippen molar-refractivity contribution in [2.24, 2.45) is 0 Å². The minimum atomic E-state index is -0.126. The molecule has 0 heterocycles. The molecule has 12 heavy (non-hydrogen) atoms. The number of hydrogen-bond acceptors (Lipinski definition) is 1. The Bertz CT molecular complexity index is 240. The van der Waals surface area contributed by atoms with Crippen molar-refractivity contribution in [3.8, 4) is 0 Å². The first kappa shape index (κ1) is 9.92. The second-order valence-electron chi connectivity index (χ2n) is 2.46. The molecule has 0 aliphatic rings. The Labute approximate surface area is 85.5 Å². The van der Waals surface area contributed by atoms with E-state index in [-0.39, 0.29) is 5.82 Å². The van der Waals surface area contributed by atoms with Crippen molar-refractivity contribution >= 4 is 22.6 Å². The molecule has 3 heteroatoms. The fourth-order valence-electron chi connectivity index (χ4n) is 0.932. The van der Waals surface area contributed by atoms with Gasteiger partial charge in [0.25, 0.3) is 0 Å². The standard InChI is InChI=1S/C9H11FIN/c10-9-4-2-1-3-8(9)7-12-6-5-11/h1-4,12H,5-7H2. The predicted molar refractivity (Wildman–Crippen MR) is 57.0 cm³/mol. The van der Waals surface area contributed by atoms with Gasteiger partial charge in [0, 0.05) is 23.1 Å². The molecule has 0 aliphatic heterocycles. The van der Waals surface area contributed by atoms with Crippen LogP contribution in [0, 0.1) is 5.82 Å². The predicted octanol–water partition coefficient (Wildman–Crippen LogP) is 2.35. The molecule has 0 aliphatic carbocycles. The summed E-state index contributed by atoms with van der Waals surface area (Å²) in [6.45, 7) is 1.55. The molecule has 1 N–H and O–H groups in total. The SMILES string of the molecule is Fc1ccccc1CNCCI. The van der Waals surface area contributed by atoms with E-state index in [0.717, 1.165) is 16.5 Å². The lowest BCUT2D eigenvalue weighted by Gasteiger charge is -2.03. The third kappa shape index (κ3) is 3.06. The normalized spacial score (nSPS) is 10.2. The van der Waals surface area contributed by atoms with Gasteiger partial charge in [-0.25, -0.2) is 4.39 Å². The Balaban J connectivity index is 2.46. The van der Waals surface area contributed by atoms with E-state index in [1.165, 1.54) is 6.07 Å². The van der Waals surface area contributed by atoms with Crippen LogP contribution in [-0.4, -0.2) is 11.0 Å². The second kappa shape index (κ2) is 5.48. The highest BCUT2D eigenvalue weighted by atomic mass is 127. The molecule has 0 saturated heterocycles. The Morgan fingerprint density at radius 2 is 2.08 bits per heavy atom. The first-order valence-electron chi connectivity index (χ1n) is 3.84. The molecule has 0 fully saturated rings. The first-order valence-corrected chi connectivity index (χ1v) is 5.37. The molecule has 1 aromatic carbocycles. The number of halogens is 2. The Kier molecular flexibility index (Phi) is 4.53. The van der Waals surface area contributed by atoms with Crippen molar-refractivity contribution in [1.29, 1.82) is 0 Å². The van der Waals surface area contributed by atoms with E-state index in [9.17, 15) is 4.39 Å². The molecule has 0 aromatic heterocycles. The van der Waals surface area contributed by atoms with Crippen molar-refractivity contribution < 1.29 is 4.39 Å². The van der Waals surface area contributed by atoms with Crippen molar-refractivity contribution in [2.75, 3.05) is 11.0 Å². The Morgan fingerprint density at radius 1 is 1.33 bits per heavy atom. The summed E-state index contributed by atoms with van der Waals surface area (Å²) in [6, 6.07) is 6.85. The molecule has 0 saturated carbocycles. The molecular weight excluding hydrogens is 268 g/mol. The average molecular weight is 279 g/mol. The zero-order chi connectivity index (χ0) is 8.81. The van der Waals surface area contributed by atoms with Gasteiger partial charge in [0.2, 0.25) is 0 Å². The molecule has 0 atom stereocenters. The van der Waals surface area contributed by atoms with Crippen LogP contribution in [0.25, 0.3) is 0 Å². The van der Waals surface area contributed by atoms with Gasteiger partial charge in [-0.05, 0) is 6.07 Å². The molecule has 1 aromatic rings. The lowest BCUT2D eigenvalue weighted by molar-refractivity contribution is 0.594. The van der Waals surface area contributed by atoms with Crippen LogP contribution in [0.2, 0.25) is 0 Å². The van der Waals surface area contributed by atoms with Crippen LogP contribution in [0.1, 0.15) is 5.56 Å². The van der Waals surface area contributed by atoms with Crippen LogP contribution in [0.3, 0.4) is 0 Å². The molecule has 0 unspecified atom stereocenters. The molecule has 0 amide bonds. The van der Waals surface area contributed by atoms with Gasteiger partial charge in [0.15, 0.2) is 0 Å². The van der Waals surface area contributed by atoms with Crippen molar-refractivity contribution in [3.63, 3.8) is 0 Å². The summed E-state index contributed by atoms with van der Waals surface area (Å²) in [5.74, 6) is -0.126. The highest BCUT2D eigenvalue weighted by molar-refractivity contribution is 14.1. The van der Waals surface area contributed by atoms with Crippen molar-refractivity contribution in [2.45, 2.75) is 6.54 Å². The quantitative estimate of drug-likeness (QED) is 0.507. The average Bonchev–Trinajstić information content (AvgIpc) is 2.09. The smallest absolute Gasteiger partial charge is 0.127 e. The topological polar surface area (TPSA) is 12.0 Å². The highest BCUT2D eigenvalue weighted by Crippen LogP contribution is 2.04. The Hall–Kier alpha value is -0.160. The monoisotopic (exact) mass is 279 g/mol. The number of hydrogen-bond donors (Lipinski definition) is 1. The van der Waals surface area contributed by atoms with Crippen molar-refractivity contribution in [1.82, 2.24) is 5.32 Å². The van der Waals surface area contributed by atoms with E-state index >= 15 is 0 Å². The van der Waals surface area contributed by atoms with E-state index in [1.54, 1.807) is 12.1 Å². The van der Waals surface area contributed by atoms with Gasteiger partial charge in [-0.15, -0.1) is 0 Å². The third-order valence-electron chi connectivity index (χ3n) is 1.54. The fourth-order valence-corrected chi connectivity index (χ4v) is 1.31. The number of alkyl halides is 1. The van der Waals surface area contributed by atoms with Gasteiger partial charge in [0.05, 0.1) is 0 Å². The summed E-state index contributed by atoms with van der Waals surface area (Å²) in [7, 11) is 0. The number of nitrogens with one attached hydrogen (secondary N) is 1. The van der Waals surface area contributed by atoms with Crippen molar-refractivity contribution in [3.05, 3.63) is 35.6 Å². The summed E-state index contributed by atoms with van der Waals surface area (Å²) in [5, 5.41) is 3.14. The van der Waals surface area contributed by atoms with Crippen LogP contribution in [0.15, 0.2) is 24.3 Å². The summed E-state index contributed by atoms with van der Waals surface area (Å²) in [6.07, 6.45) is 0. The van der Waals surface area contributed by atoms with Gasteiger partial charge < -0.3 is 5.32 Å². The van der Waals surface area contributed by atoms with E-state index in [2.05, 4.69) is 27.9 Å². The van der Waals surface area contributed by atoms with Gasteiger partial charge in [-0.2, -0.15) is 0 Å². The molecular formula is C9H11FIN. The lowest BCUT2D eigenvalue weighted by Crippen LogP contribution is -2.16. The maximum absolute atomic E-state index is 13.0. The molecule has 0 spiro atoms. The summed E-state index contributed by atoms with van der Waals surface area (Å²) >= 11 is 2.28. The molecule has 0 radical (unpaired) electrons. The summed E-state index contributed by atoms with van der Waals surface area (Å²) in [4.78, 5) is 0. The lowest BCUT2D eigenvalue weighted by atomic mass is 10.2. The molecule has 1 rings (SSSR count). The van der Waals surface area contributed by atoms with Crippen LogP contribution in [-0.2, 0) is 6.54 Å². The maximum Gasteiger partial charge on any atom is 0.127 e. The van der Waals surface area contributed by atoms with E-state index in [0.29, 0.717) is 6.54 Å². The van der Waals surface area contributed by atoms with Gasteiger partial charge >= 0.3 is 0 Å². The van der Waals surface area contributed by atoms with Crippen LogP contribution in [0.5, 0.6) is 0 Å². The van der Waals surface area contributed by atoms with Crippen LogP contribution < -0.4 is 5.32 Å². The van der Waals surface area contributed by atoms with E-state index in [4.69, 9.17) is 0 Å². The highest BCUT2D eigenvalue weighted by Gasteiger charge is 1.97. The largest absolute Gasteiger partial charge is 0.312 e. The van der Waals surface area contributed by atoms with E-state index < -0.39 is 0 Å². The fraction of sp³-hybridized carbons (Fsp3) is 0.333. The Morgan fingerprint density at radius 3 is 2.75 bits per heavy atom. The number of rotatable bonds is 4. The number of benzene rings is 1. The minimum absolute atomic E-state index is 0.126. The first-order chi connectivity index (χ1) is 5.84. The summed E-state index contributed by atoms with van der Waals surface area (Å²) in [5.41, 5.74) is 0.738. The van der Waals surface area contributed by atoms with E-state index in [1.807, 2.05) is 6.07 Å². The van der Waals surface area contributed by atoms with Crippen LogP contribution in [0.4, 0.5) is 4.39 Å². The second-order valence-corrected chi connectivity index (χ2v) is 3.54. The third-order valence-corrected chi connectivity index (χ3v) is 2.08. The molecule has 0 bridgehead atoms. The molecule has 1 nitrogen and oxygen atoms in total. The zero-order valence-corrected chi connectivity index (χ0v) is 8.84. The molecule has 66 valence electrons. The summed E-state index contributed by atoms with van der Waals surface area (Å²) < 4.78 is 14.0. The van der Waals surface area contributed by atoms with Gasteiger partial charge in [0.1, 0.15) is 5.82 Å². The maximum atomic E-state index is 13.0.